The van der Waals surface area contributed by atoms with Crippen molar-refractivity contribution in [1.82, 2.24) is 0 Å². The zero-order chi connectivity index (χ0) is 18.2. The summed E-state index contributed by atoms with van der Waals surface area (Å²) in [6.45, 7) is 0.618. The fourth-order valence-electron chi connectivity index (χ4n) is 2.37. The van der Waals surface area contributed by atoms with E-state index in [1.54, 1.807) is 14.2 Å². The number of ether oxygens (including phenoxy) is 2. The lowest BCUT2D eigenvalue weighted by molar-refractivity contribution is 0.355. The zero-order valence-electron chi connectivity index (χ0n) is 15.7. The molecule has 0 saturated carbocycles. The largest absolute Gasteiger partial charge is 0.493 e. The topological polar surface area (TPSA) is 72.1 Å². The molecule has 0 aromatic heterocycles. The predicted octanol–water partition coefficient (Wildman–Crippen LogP) is 3.36. The van der Waals surface area contributed by atoms with Gasteiger partial charge in [-0.2, -0.15) is 0 Å². The molecule has 0 unspecified atom stereocenters. The summed E-state index contributed by atoms with van der Waals surface area (Å²) >= 11 is 0. The van der Waals surface area contributed by atoms with Gasteiger partial charge >= 0.3 is 0 Å². The van der Waals surface area contributed by atoms with Gasteiger partial charge in [0.15, 0.2) is 17.5 Å². The molecule has 7 heteroatoms. The lowest BCUT2D eigenvalue weighted by atomic mass is 10.1. The van der Waals surface area contributed by atoms with E-state index in [-0.39, 0.29) is 24.0 Å². The molecule has 0 aliphatic carbocycles. The first-order valence-corrected chi connectivity index (χ1v) is 8.08. The molecule has 0 saturated heterocycles. The van der Waals surface area contributed by atoms with Crippen LogP contribution >= 0.6 is 24.0 Å². The van der Waals surface area contributed by atoms with Gasteiger partial charge in [-0.1, -0.05) is 12.1 Å². The fourth-order valence-corrected chi connectivity index (χ4v) is 2.37. The molecule has 2 aromatic rings. The molecule has 0 radical (unpaired) electrons. The number of nitrogens with zero attached hydrogens (tertiary/aromatic N) is 2. The Morgan fingerprint density at radius 3 is 2.27 bits per heavy atom. The highest BCUT2D eigenvalue weighted by Crippen LogP contribution is 2.29. The van der Waals surface area contributed by atoms with Crippen molar-refractivity contribution >= 4 is 41.3 Å². The number of halogens is 1. The first-order chi connectivity index (χ1) is 12.0. The number of rotatable bonds is 7. The van der Waals surface area contributed by atoms with E-state index >= 15 is 0 Å². The third kappa shape index (κ3) is 6.29. The lowest BCUT2D eigenvalue weighted by Crippen LogP contribution is -2.23. The fraction of sp³-hybridized carbons (Fsp3) is 0.316. The summed E-state index contributed by atoms with van der Waals surface area (Å²) in [6, 6.07) is 13.9. The normalized spacial score (nSPS) is 10.7. The Labute approximate surface area is 172 Å². The maximum atomic E-state index is 5.96. The van der Waals surface area contributed by atoms with E-state index in [1.807, 2.05) is 32.3 Å². The second kappa shape index (κ2) is 10.7. The van der Waals surface area contributed by atoms with Crippen LogP contribution in [0.15, 0.2) is 47.5 Å². The first kappa shape index (κ1) is 21.9. The van der Waals surface area contributed by atoms with Crippen LogP contribution in [0.1, 0.15) is 5.56 Å². The molecule has 6 nitrogen and oxygen atoms in total. The minimum atomic E-state index is 0. The van der Waals surface area contributed by atoms with Gasteiger partial charge in [0.1, 0.15) is 0 Å². The third-order valence-electron chi connectivity index (χ3n) is 3.79. The summed E-state index contributed by atoms with van der Waals surface area (Å²) in [6.07, 6.45) is 0.835. The molecule has 0 amide bonds. The SMILES string of the molecule is COc1ccc(NC(N)=NCCc2ccc(N(C)C)cc2)cc1OC.I. The van der Waals surface area contributed by atoms with Crippen LogP contribution in [0.4, 0.5) is 11.4 Å². The van der Waals surface area contributed by atoms with Crippen molar-refractivity contribution in [3.05, 3.63) is 48.0 Å². The molecule has 0 bridgehead atoms. The van der Waals surface area contributed by atoms with Crippen LogP contribution in [-0.2, 0) is 6.42 Å². The number of methoxy groups -OCH3 is 2. The van der Waals surface area contributed by atoms with Crippen LogP contribution in [0.3, 0.4) is 0 Å². The summed E-state index contributed by atoms with van der Waals surface area (Å²) in [4.78, 5) is 6.45. The standard InChI is InChI=1S/C19H26N4O2.HI/c1-23(2)16-8-5-14(6-9-16)11-12-21-19(20)22-15-7-10-17(24-3)18(13-15)25-4;/h5-10,13H,11-12H2,1-4H3,(H3,20,21,22);1H. The number of hydrogen-bond donors (Lipinski definition) is 2. The Bertz CT molecular complexity index is 718. The zero-order valence-corrected chi connectivity index (χ0v) is 18.0. The van der Waals surface area contributed by atoms with Gasteiger partial charge in [-0.15, -0.1) is 24.0 Å². The van der Waals surface area contributed by atoms with Crippen LogP contribution in [0.5, 0.6) is 11.5 Å². The van der Waals surface area contributed by atoms with Gasteiger partial charge < -0.3 is 25.4 Å². The van der Waals surface area contributed by atoms with Crippen molar-refractivity contribution < 1.29 is 9.47 Å². The van der Waals surface area contributed by atoms with Crippen molar-refractivity contribution in [2.45, 2.75) is 6.42 Å². The smallest absolute Gasteiger partial charge is 0.193 e. The summed E-state index contributed by atoms with van der Waals surface area (Å²) in [5, 5.41) is 3.06. The average Bonchev–Trinajstić information content (AvgIpc) is 2.62. The number of benzene rings is 2. The molecule has 2 rings (SSSR count). The molecule has 0 aliphatic heterocycles. The summed E-state index contributed by atoms with van der Waals surface area (Å²) in [5.74, 6) is 1.68. The Kier molecular flexibility index (Phi) is 9.04. The van der Waals surface area contributed by atoms with Crippen LogP contribution in [0.2, 0.25) is 0 Å². The van der Waals surface area contributed by atoms with Gasteiger partial charge in [0, 0.05) is 38.1 Å². The van der Waals surface area contributed by atoms with Crippen LogP contribution in [0, 0.1) is 0 Å². The average molecular weight is 470 g/mol. The van der Waals surface area contributed by atoms with Gasteiger partial charge in [-0.3, -0.25) is 4.99 Å². The molecule has 0 spiro atoms. The van der Waals surface area contributed by atoms with Gasteiger partial charge in [-0.05, 0) is 36.2 Å². The van der Waals surface area contributed by atoms with Gasteiger partial charge in [0.25, 0.3) is 0 Å². The molecular formula is C19H27IN4O2. The van der Waals surface area contributed by atoms with Crippen molar-refractivity contribution in [3.63, 3.8) is 0 Å². The van der Waals surface area contributed by atoms with Crippen molar-refractivity contribution in [2.75, 3.05) is 45.1 Å². The van der Waals surface area contributed by atoms with Crippen molar-refractivity contribution in [2.24, 2.45) is 10.7 Å². The minimum absolute atomic E-state index is 0. The number of guanidine groups is 1. The summed E-state index contributed by atoms with van der Waals surface area (Å²) < 4.78 is 10.5. The first-order valence-electron chi connectivity index (χ1n) is 8.08. The molecule has 0 fully saturated rings. The number of anilines is 2. The summed E-state index contributed by atoms with van der Waals surface area (Å²) in [7, 11) is 7.26. The van der Waals surface area contributed by atoms with E-state index in [9.17, 15) is 0 Å². The van der Waals surface area contributed by atoms with E-state index in [2.05, 4.69) is 39.5 Å². The molecule has 142 valence electrons. The maximum absolute atomic E-state index is 5.96. The minimum Gasteiger partial charge on any atom is -0.493 e. The maximum Gasteiger partial charge on any atom is 0.193 e. The molecule has 3 N–H and O–H groups in total. The highest BCUT2D eigenvalue weighted by atomic mass is 127. The van der Waals surface area contributed by atoms with Crippen LogP contribution < -0.4 is 25.4 Å². The Balaban J connectivity index is 0.00000338. The Morgan fingerprint density at radius 1 is 1.04 bits per heavy atom. The van der Waals surface area contributed by atoms with E-state index < -0.39 is 0 Å². The third-order valence-corrected chi connectivity index (χ3v) is 3.79. The quantitative estimate of drug-likeness (QED) is 0.369. The van der Waals surface area contributed by atoms with E-state index in [1.165, 1.54) is 11.3 Å². The molecule has 26 heavy (non-hydrogen) atoms. The second-order valence-corrected chi connectivity index (χ2v) is 5.77. The van der Waals surface area contributed by atoms with Gasteiger partial charge in [0.05, 0.1) is 14.2 Å². The van der Waals surface area contributed by atoms with Crippen LogP contribution in [-0.4, -0.2) is 40.8 Å². The van der Waals surface area contributed by atoms with Gasteiger partial charge in [-0.25, -0.2) is 0 Å². The van der Waals surface area contributed by atoms with Gasteiger partial charge in [0.2, 0.25) is 0 Å². The van der Waals surface area contributed by atoms with E-state index in [4.69, 9.17) is 15.2 Å². The number of hydrogen-bond acceptors (Lipinski definition) is 4. The highest BCUT2D eigenvalue weighted by Gasteiger charge is 2.05. The van der Waals surface area contributed by atoms with E-state index in [0.29, 0.717) is 24.0 Å². The molecule has 0 atom stereocenters. The van der Waals surface area contributed by atoms with Crippen molar-refractivity contribution in [3.8, 4) is 11.5 Å². The molecule has 2 aromatic carbocycles. The number of nitrogens with one attached hydrogen (secondary N) is 1. The Morgan fingerprint density at radius 2 is 1.69 bits per heavy atom. The number of aliphatic imine (C=N–C) groups is 1. The van der Waals surface area contributed by atoms with Crippen LogP contribution in [0.25, 0.3) is 0 Å². The molecule has 0 aliphatic rings. The summed E-state index contributed by atoms with van der Waals surface area (Å²) in [5.41, 5.74) is 9.17. The van der Waals surface area contributed by atoms with Crippen molar-refractivity contribution in [1.29, 1.82) is 0 Å². The predicted molar refractivity (Wildman–Crippen MR) is 120 cm³/mol. The second-order valence-electron chi connectivity index (χ2n) is 5.77. The lowest BCUT2D eigenvalue weighted by Gasteiger charge is -2.12. The number of nitrogens with two attached hydrogens (primary N) is 1. The molecule has 0 heterocycles. The monoisotopic (exact) mass is 470 g/mol. The van der Waals surface area contributed by atoms with E-state index in [0.717, 1.165) is 12.1 Å². The Hall–Kier alpha value is -2.16. The highest BCUT2D eigenvalue weighted by molar-refractivity contribution is 14.0. The molecular weight excluding hydrogens is 443 g/mol.